The monoisotopic (exact) mass is 291 g/mol. The van der Waals surface area contributed by atoms with Crippen LogP contribution in [0.1, 0.15) is 19.3 Å². The number of para-hydroxylation sites is 2. The van der Waals surface area contributed by atoms with Crippen molar-refractivity contribution in [3.63, 3.8) is 0 Å². The quantitative estimate of drug-likeness (QED) is 0.924. The van der Waals surface area contributed by atoms with Crippen molar-refractivity contribution in [2.24, 2.45) is 0 Å². The summed E-state index contributed by atoms with van der Waals surface area (Å²) in [6.45, 7) is 0.620. The van der Waals surface area contributed by atoms with Crippen molar-refractivity contribution in [3.05, 3.63) is 29.4 Å². The van der Waals surface area contributed by atoms with Gasteiger partial charge in [0.25, 0.3) is 5.91 Å². The summed E-state index contributed by atoms with van der Waals surface area (Å²) in [6, 6.07) is 7.37. The maximum atomic E-state index is 12.1. The maximum absolute atomic E-state index is 12.1. The molecule has 0 saturated carbocycles. The van der Waals surface area contributed by atoms with Crippen molar-refractivity contribution < 1.29 is 9.53 Å². The minimum Gasteiger partial charge on any atom is -0.368 e. The molecule has 0 bridgehead atoms. The van der Waals surface area contributed by atoms with E-state index in [1.807, 2.05) is 24.3 Å². The van der Waals surface area contributed by atoms with Gasteiger partial charge in [0, 0.05) is 6.61 Å². The van der Waals surface area contributed by atoms with Gasteiger partial charge in [-0.15, -0.1) is 0 Å². The number of amides is 1. The molecule has 3 rings (SSSR count). The number of carbonyl (C=O) groups is 1. The molecule has 0 spiro atoms. The van der Waals surface area contributed by atoms with Crippen LogP contribution in [0, 0.1) is 0 Å². The lowest BCUT2D eigenvalue weighted by molar-refractivity contribution is -0.130. The number of hydrogen-bond donors (Lipinski definition) is 1. The van der Waals surface area contributed by atoms with Gasteiger partial charge in [-0.3, -0.25) is 4.79 Å². The summed E-state index contributed by atoms with van der Waals surface area (Å²) < 4.78 is 5.44. The van der Waals surface area contributed by atoms with Crippen LogP contribution in [-0.4, -0.2) is 28.6 Å². The molecule has 1 amide bonds. The van der Waals surface area contributed by atoms with Gasteiger partial charge in [-0.25, -0.2) is 9.97 Å². The largest absolute Gasteiger partial charge is 0.368 e. The molecule has 104 valence electrons. The predicted molar refractivity (Wildman–Crippen MR) is 76.8 cm³/mol. The molecule has 1 aromatic heterocycles. The smallest absolute Gasteiger partial charge is 0.254 e. The Kier molecular flexibility index (Phi) is 3.80. The normalized spacial score (nSPS) is 18.9. The van der Waals surface area contributed by atoms with E-state index in [1.54, 1.807) is 0 Å². The zero-order valence-electron chi connectivity index (χ0n) is 10.8. The SMILES string of the molecule is O=C(Nc1nc2ccccc2nc1Cl)C1CCCCO1. The van der Waals surface area contributed by atoms with Crippen LogP contribution in [0.15, 0.2) is 24.3 Å². The average Bonchev–Trinajstić information content (AvgIpc) is 2.49. The Labute approximate surface area is 121 Å². The molecular formula is C14H14ClN3O2. The van der Waals surface area contributed by atoms with Crippen LogP contribution < -0.4 is 5.32 Å². The van der Waals surface area contributed by atoms with Gasteiger partial charge in [0.2, 0.25) is 0 Å². The van der Waals surface area contributed by atoms with Crippen LogP contribution in [-0.2, 0) is 9.53 Å². The van der Waals surface area contributed by atoms with Gasteiger partial charge in [0.15, 0.2) is 11.0 Å². The first kappa shape index (κ1) is 13.3. The molecule has 1 N–H and O–H groups in total. The fourth-order valence-corrected chi connectivity index (χ4v) is 2.38. The second kappa shape index (κ2) is 5.73. The molecule has 6 heteroatoms. The van der Waals surface area contributed by atoms with E-state index < -0.39 is 6.10 Å². The van der Waals surface area contributed by atoms with Crippen molar-refractivity contribution in [2.45, 2.75) is 25.4 Å². The molecule has 5 nitrogen and oxygen atoms in total. The Morgan fingerprint density at radius 3 is 2.70 bits per heavy atom. The first-order chi connectivity index (χ1) is 9.74. The molecular weight excluding hydrogens is 278 g/mol. The number of carbonyl (C=O) groups excluding carboxylic acids is 1. The lowest BCUT2D eigenvalue weighted by Crippen LogP contribution is -2.33. The van der Waals surface area contributed by atoms with Crippen LogP contribution in [0.4, 0.5) is 5.82 Å². The number of nitrogens with one attached hydrogen (secondary N) is 1. The summed E-state index contributed by atoms with van der Waals surface area (Å²) in [5.41, 5.74) is 1.39. The summed E-state index contributed by atoms with van der Waals surface area (Å²) >= 11 is 6.06. The van der Waals surface area contributed by atoms with E-state index in [9.17, 15) is 4.79 Å². The van der Waals surface area contributed by atoms with Gasteiger partial charge >= 0.3 is 0 Å². The molecule has 1 atom stereocenters. The Hall–Kier alpha value is -1.72. The zero-order valence-corrected chi connectivity index (χ0v) is 11.6. The minimum atomic E-state index is -0.423. The highest BCUT2D eigenvalue weighted by Gasteiger charge is 2.23. The summed E-state index contributed by atoms with van der Waals surface area (Å²) in [7, 11) is 0. The highest BCUT2D eigenvalue weighted by Crippen LogP contribution is 2.22. The Morgan fingerprint density at radius 1 is 1.25 bits per heavy atom. The van der Waals surface area contributed by atoms with Gasteiger partial charge in [0.1, 0.15) is 6.10 Å². The van der Waals surface area contributed by atoms with Crippen LogP contribution in [0.5, 0.6) is 0 Å². The van der Waals surface area contributed by atoms with E-state index in [-0.39, 0.29) is 16.9 Å². The summed E-state index contributed by atoms with van der Waals surface area (Å²) in [6.07, 6.45) is 2.30. The van der Waals surface area contributed by atoms with E-state index in [0.29, 0.717) is 17.6 Å². The maximum Gasteiger partial charge on any atom is 0.254 e. The number of halogens is 1. The first-order valence-electron chi connectivity index (χ1n) is 6.59. The number of aromatic nitrogens is 2. The van der Waals surface area contributed by atoms with Crippen LogP contribution >= 0.6 is 11.6 Å². The van der Waals surface area contributed by atoms with Gasteiger partial charge in [-0.05, 0) is 31.4 Å². The Balaban J connectivity index is 1.82. The van der Waals surface area contributed by atoms with Crippen molar-refractivity contribution in [1.29, 1.82) is 0 Å². The number of nitrogens with zero attached hydrogens (tertiary/aromatic N) is 2. The predicted octanol–water partition coefficient (Wildman–Crippen LogP) is 2.79. The van der Waals surface area contributed by atoms with Crippen LogP contribution in [0.3, 0.4) is 0 Å². The number of rotatable bonds is 2. The van der Waals surface area contributed by atoms with Crippen molar-refractivity contribution in [3.8, 4) is 0 Å². The molecule has 1 aliphatic heterocycles. The fraction of sp³-hybridized carbons (Fsp3) is 0.357. The molecule has 1 unspecified atom stereocenters. The van der Waals surface area contributed by atoms with Crippen LogP contribution in [0.25, 0.3) is 11.0 Å². The molecule has 0 radical (unpaired) electrons. The lowest BCUT2D eigenvalue weighted by atomic mass is 10.1. The summed E-state index contributed by atoms with van der Waals surface area (Å²) in [5.74, 6) is 0.0701. The summed E-state index contributed by atoms with van der Waals surface area (Å²) in [5, 5.41) is 2.89. The van der Waals surface area contributed by atoms with E-state index in [1.165, 1.54) is 0 Å². The van der Waals surface area contributed by atoms with Crippen molar-refractivity contribution in [2.75, 3.05) is 11.9 Å². The molecule has 1 aromatic carbocycles. The second-order valence-electron chi connectivity index (χ2n) is 4.70. The van der Waals surface area contributed by atoms with Crippen molar-refractivity contribution >= 4 is 34.4 Å². The molecule has 1 fully saturated rings. The van der Waals surface area contributed by atoms with E-state index in [0.717, 1.165) is 19.3 Å². The summed E-state index contributed by atoms with van der Waals surface area (Å²) in [4.78, 5) is 20.6. The molecule has 2 heterocycles. The highest BCUT2D eigenvalue weighted by molar-refractivity contribution is 6.32. The number of anilines is 1. The van der Waals surface area contributed by atoms with Gasteiger partial charge < -0.3 is 10.1 Å². The third kappa shape index (κ3) is 2.73. The fourth-order valence-electron chi connectivity index (χ4n) is 2.20. The Morgan fingerprint density at radius 2 is 2.00 bits per heavy atom. The number of fused-ring (bicyclic) bond motifs is 1. The molecule has 20 heavy (non-hydrogen) atoms. The average molecular weight is 292 g/mol. The van der Waals surface area contributed by atoms with Gasteiger partial charge in [-0.2, -0.15) is 0 Å². The standard InChI is InChI=1S/C14H14ClN3O2/c15-12-13(17-10-6-2-1-5-9(10)16-12)18-14(19)11-7-3-4-8-20-11/h1-2,5-6,11H,3-4,7-8H2,(H,17,18,19). The number of hydrogen-bond acceptors (Lipinski definition) is 4. The highest BCUT2D eigenvalue weighted by atomic mass is 35.5. The lowest BCUT2D eigenvalue weighted by Gasteiger charge is -2.21. The third-order valence-electron chi connectivity index (χ3n) is 3.24. The van der Waals surface area contributed by atoms with E-state index >= 15 is 0 Å². The Bertz CT molecular complexity index is 641. The molecule has 2 aromatic rings. The molecule has 1 saturated heterocycles. The van der Waals surface area contributed by atoms with Gasteiger partial charge in [-0.1, -0.05) is 23.7 Å². The van der Waals surface area contributed by atoms with E-state index in [2.05, 4.69) is 15.3 Å². The topological polar surface area (TPSA) is 64.1 Å². The van der Waals surface area contributed by atoms with Gasteiger partial charge in [0.05, 0.1) is 11.0 Å². The first-order valence-corrected chi connectivity index (χ1v) is 6.96. The molecule has 0 aliphatic carbocycles. The second-order valence-corrected chi connectivity index (χ2v) is 5.05. The van der Waals surface area contributed by atoms with Crippen LogP contribution in [0.2, 0.25) is 5.15 Å². The third-order valence-corrected chi connectivity index (χ3v) is 3.51. The number of ether oxygens (including phenoxy) is 1. The van der Waals surface area contributed by atoms with Crippen molar-refractivity contribution in [1.82, 2.24) is 9.97 Å². The number of benzene rings is 1. The zero-order chi connectivity index (χ0) is 13.9. The van der Waals surface area contributed by atoms with E-state index in [4.69, 9.17) is 16.3 Å². The minimum absolute atomic E-state index is 0.188. The molecule has 1 aliphatic rings.